The molecule has 0 radical (unpaired) electrons. The molecule has 1 saturated heterocycles. The van der Waals surface area contributed by atoms with Crippen LogP contribution in [0, 0.1) is 5.82 Å². The summed E-state index contributed by atoms with van der Waals surface area (Å²) in [7, 11) is 0. The van der Waals surface area contributed by atoms with E-state index in [4.69, 9.17) is 9.72 Å². The highest BCUT2D eigenvalue weighted by Crippen LogP contribution is 2.33. The van der Waals surface area contributed by atoms with Gasteiger partial charge < -0.3 is 14.5 Å². The first-order valence-electron chi connectivity index (χ1n) is 12.9. The van der Waals surface area contributed by atoms with Crippen molar-refractivity contribution in [1.29, 1.82) is 0 Å². The van der Waals surface area contributed by atoms with E-state index in [0.29, 0.717) is 55.6 Å². The number of carbonyl (C=O) groups is 1. The van der Waals surface area contributed by atoms with Crippen LogP contribution in [0.2, 0.25) is 0 Å². The molecule has 0 unspecified atom stereocenters. The molecule has 0 spiro atoms. The van der Waals surface area contributed by atoms with E-state index in [1.165, 1.54) is 6.07 Å². The van der Waals surface area contributed by atoms with Crippen molar-refractivity contribution < 1.29 is 13.9 Å². The molecule has 0 N–H and O–H groups in total. The fourth-order valence-electron chi connectivity index (χ4n) is 4.80. The SMILES string of the molecule is O=C(c1cnc(N2CCOCC2)nc1-c1ccccc1F)N(Cc1cccc(-c2ccncc2)c1)C1CC1. The van der Waals surface area contributed by atoms with Crippen molar-refractivity contribution in [1.82, 2.24) is 19.9 Å². The molecule has 8 heteroatoms. The summed E-state index contributed by atoms with van der Waals surface area (Å²) in [6.07, 6.45) is 6.99. The van der Waals surface area contributed by atoms with Crippen molar-refractivity contribution in [2.45, 2.75) is 25.4 Å². The van der Waals surface area contributed by atoms with Crippen molar-refractivity contribution >= 4 is 11.9 Å². The highest BCUT2D eigenvalue weighted by Gasteiger charge is 2.35. The Hall–Kier alpha value is -4.17. The molecule has 7 nitrogen and oxygen atoms in total. The number of hydrogen-bond donors (Lipinski definition) is 0. The molecule has 2 aromatic heterocycles. The molecule has 6 rings (SSSR count). The zero-order valence-electron chi connectivity index (χ0n) is 21.0. The predicted molar refractivity (Wildman–Crippen MR) is 143 cm³/mol. The number of halogens is 1. The average molecular weight is 510 g/mol. The van der Waals surface area contributed by atoms with Gasteiger partial charge in [0.05, 0.1) is 24.5 Å². The van der Waals surface area contributed by atoms with Gasteiger partial charge in [-0.25, -0.2) is 14.4 Å². The summed E-state index contributed by atoms with van der Waals surface area (Å²) in [5.41, 5.74) is 4.09. The molecule has 1 aliphatic heterocycles. The van der Waals surface area contributed by atoms with E-state index in [2.05, 4.69) is 22.1 Å². The molecule has 3 heterocycles. The maximum Gasteiger partial charge on any atom is 0.258 e. The largest absolute Gasteiger partial charge is 0.378 e. The second-order valence-electron chi connectivity index (χ2n) is 9.61. The van der Waals surface area contributed by atoms with Gasteiger partial charge >= 0.3 is 0 Å². The minimum Gasteiger partial charge on any atom is -0.378 e. The highest BCUT2D eigenvalue weighted by atomic mass is 19.1. The van der Waals surface area contributed by atoms with Gasteiger partial charge in [-0.05, 0) is 59.9 Å². The molecule has 1 amide bonds. The first-order valence-corrected chi connectivity index (χ1v) is 12.9. The van der Waals surface area contributed by atoms with E-state index in [1.807, 2.05) is 34.1 Å². The molecule has 1 aliphatic carbocycles. The number of ether oxygens (including phenoxy) is 1. The van der Waals surface area contributed by atoms with Crippen molar-refractivity contribution in [2.75, 3.05) is 31.2 Å². The Morgan fingerprint density at radius 1 is 1.00 bits per heavy atom. The average Bonchev–Trinajstić information content (AvgIpc) is 3.82. The molecule has 0 bridgehead atoms. The van der Waals surface area contributed by atoms with Crippen LogP contribution in [0.15, 0.2) is 79.3 Å². The third-order valence-corrected chi connectivity index (χ3v) is 6.97. The fraction of sp³-hybridized carbons (Fsp3) is 0.267. The minimum atomic E-state index is -0.420. The van der Waals surface area contributed by atoms with Crippen LogP contribution in [0.25, 0.3) is 22.4 Å². The van der Waals surface area contributed by atoms with Crippen LogP contribution < -0.4 is 4.90 Å². The maximum absolute atomic E-state index is 15.0. The van der Waals surface area contributed by atoms with Gasteiger partial charge in [0, 0.05) is 49.8 Å². The summed E-state index contributed by atoms with van der Waals surface area (Å²) in [4.78, 5) is 31.3. The van der Waals surface area contributed by atoms with Gasteiger partial charge in [0.15, 0.2) is 0 Å². The third kappa shape index (κ3) is 5.13. The molecule has 0 atom stereocenters. The first kappa shape index (κ1) is 24.2. The van der Waals surface area contributed by atoms with E-state index >= 15 is 0 Å². The number of amides is 1. The Kier molecular flexibility index (Phi) is 6.79. The standard InChI is InChI=1S/C30H28FN5O2/c31-27-7-2-1-6-25(27)28-26(19-33-30(34-28)35-14-16-38-17-15-35)29(37)36(24-8-9-24)20-21-4-3-5-23(18-21)22-10-12-32-13-11-22/h1-7,10-13,18-19,24H,8-9,14-17,20H2. The molecule has 38 heavy (non-hydrogen) atoms. The number of rotatable bonds is 7. The molecule has 4 aromatic rings. The topological polar surface area (TPSA) is 71.5 Å². The molecular formula is C30H28FN5O2. The van der Waals surface area contributed by atoms with Crippen LogP contribution in [0.1, 0.15) is 28.8 Å². The molecule has 192 valence electrons. The lowest BCUT2D eigenvalue weighted by atomic mass is 10.0. The maximum atomic E-state index is 15.0. The lowest BCUT2D eigenvalue weighted by Gasteiger charge is -2.28. The molecule has 2 aromatic carbocycles. The van der Waals surface area contributed by atoms with Gasteiger partial charge in [-0.2, -0.15) is 0 Å². The first-order chi connectivity index (χ1) is 18.7. The van der Waals surface area contributed by atoms with Crippen LogP contribution in [0.5, 0.6) is 0 Å². The number of hydrogen-bond acceptors (Lipinski definition) is 6. The van der Waals surface area contributed by atoms with Gasteiger partial charge in [-0.1, -0.05) is 30.3 Å². The monoisotopic (exact) mass is 509 g/mol. The van der Waals surface area contributed by atoms with Crippen LogP contribution in [-0.4, -0.2) is 58.1 Å². The number of anilines is 1. The summed E-state index contributed by atoms with van der Waals surface area (Å²) in [6, 6.07) is 18.7. The fourth-order valence-corrected chi connectivity index (χ4v) is 4.80. The Morgan fingerprint density at radius 2 is 1.79 bits per heavy atom. The number of pyridine rings is 1. The van der Waals surface area contributed by atoms with E-state index in [9.17, 15) is 9.18 Å². The van der Waals surface area contributed by atoms with Gasteiger partial charge in [-0.15, -0.1) is 0 Å². The lowest BCUT2D eigenvalue weighted by molar-refractivity contribution is 0.0730. The number of aromatic nitrogens is 3. The lowest BCUT2D eigenvalue weighted by Crippen LogP contribution is -2.38. The number of carbonyl (C=O) groups excluding carboxylic acids is 1. The van der Waals surface area contributed by atoms with E-state index in [1.54, 1.807) is 36.8 Å². The summed E-state index contributed by atoms with van der Waals surface area (Å²) >= 11 is 0. The number of nitrogens with zero attached hydrogens (tertiary/aromatic N) is 5. The summed E-state index contributed by atoms with van der Waals surface area (Å²) < 4.78 is 20.4. The smallest absolute Gasteiger partial charge is 0.258 e. The summed E-state index contributed by atoms with van der Waals surface area (Å²) in [6.45, 7) is 2.89. The number of benzene rings is 2. The van der Waals surface area contributed by atoms with Crippen LogP contribution in [0.3, 0.4) is 0 Å². The molecule has 1 saturated carbocycles. The Balaban J connectivity index is 1.35. The van der Waals surface area contributed by atoms with Crippen molar-refractivity contribution in [3.8, 4) is 22.4 Å². The van der Waals surface area contributed by atoms with Gasteiger partial charge in [0.2, 0.25) is 5.95 Å². The summed E-state index contributed by atoms with van der Waals surface area (Å²) in [5.74, 6) is -0.129. The molecular weight excluding hydrogens is 481 g/mol. The zero-order chi connectivity index (χ0) is 25.9. The van der Waals surface area contributed by atoms with Gasteiger partial charge in [0.25, 0.3) is 5.91 Å². The highest BCUT2D eigenvalue weighted by molar-refractivity contribution is 6.00. The van der Waals surface area contributed by atoms with Crippen molar-refractivity contribution in [2.24, 2.45) is 0 Å². The Bertz CT molecular complexity index is 1440. The Morgan fingerprint density at radius 3 is 2.55 bits per heavy atom. The van der Waals surface area contributed by atoms with Crippen LogP contribution in [0.4, 0.5) is 10.3 Å². The quantitative estimate of drug-likeness (QED) is 0.350. The van der Waals surface area contributed by atoms with Crippen LogP contribution in [-0.2, 0) is 11.3 Å². The van der Waals surface area contributed by atoms with Crippen molar-refractivity contribution in [3.63, 3.8) is 0 Å². The minimum absolute atomic E-state index is 0.138. The third-order valence-electron chi connectivity index (χ3n) is 6.97. The van der Waals surface area contributed by atoms with E-state index in [-0.39, 0.29) is 11.9 Å². The normalized spacial score (nSPS) is 15.3. The van der Waals surface area contributed by atoms with Crippen LogP contribution >= 0.6 is 0 Å². The molecule has 2 fully saturated rings. The van der Waals surface area contributed by atoms with E-state index in [0.717, 1.165) is 29.5 Å². The van der Waals surface area contributed by atoms with Gasteiger partial charge in [-0.3, -0.25) is 9.78 Å². The van der Waals surface area contributed by atoms with Gasteiger partial charge in [0.1, 0.15) is 5.82 Å². The zero-order valence-corrected chi connectivity index (χ0v) is 21.0. The second-order valence-corrected chi connectivity index (χ2v) is 9.61. The van der Waals surface area contributed by atoms with Crippen molar-refractivity contribution in [3.05, 3.63) is 96.2 Å². The van der Waals surface area contributed by atoms with E-state index < -0.39 is 5.82 Å². The predicted octanol–water partition coefficient (Wildman–Crippen LogP) is 4.99. The molecule has 2 aliphatic rings. The summed E-state index contributed by atoms with van der Waals surface area (Å²) in [5, 5.41) is 0. The second kappa shape index (κ2) is 10.7. The number of morpholine rings is 1. The Labute approximate surface area is 220 Å².